The van der Waals surface area contributed by atoms with Crippen molar-refractivity contribution in [2.24, 2.45) is 0 Å². The van der Waals surface area contributed by atoms with Crippen LogP contribution in [-0.4, -0.2) is 53.9 Å². The molecule has 2 fully saturated rings. The maximum atomic E-state index is 13.8. The molecular formula is C17H21BrF2N4O3. The number of rotatable bonds is 4. The molecule has 148 valence electrons. The fraction of sp³-hybridized carbons (Fsp3) is 0.588. The smallest absolute Gasteiger partial charge is 0.294 e. The first-order valence-electron chi connectivity index (χ1n) is 8.89. The minimum atomic E-state index is -2.94. The maximum Gasteiger partial charge on any atom is 0.294 e. The van der Waals surface area contributed by atoms with Crippen LogP contribution in [-0.2, 0) is 0 Å². The number of hydrogen-bond donors (Lipinski definition) is 2. The van der Waals surface area contributed by atoms with Crippen molar-refractivity contribution < 1.29 is 18.5 Å². The molecule has 0 spiro atoms. The van der Waals surface area contributed by atoms with Crippen LogP contribution in [0.25, 0.3) is 0 Å². The van der Waals surface area contributed by atoms with Crippen molar-refractivity contribution in [2.45, 2.75) is 37.6 Å². The highest BCUT2D eigenvalue weighted by atomic mass is 79.9. The standard InChI is InChI=1S/C17H21BrF2N4O3/c18-11-7-13(16(25)23-6-2-4-17(19,20)10-23)15(14(8-11)24(26)27)22-12-3-1-5-21-9-12/h7-8,12,21-22H,1-6,9-10H2/t12-/m1/s1. The molecule has 7 nitrogen and oxygen atoms in total. The fourth-order valence-electron chi connectivity index (χ4n) is 3.55. The van der Waals surface area contributed by atoms with Crippen LogP contribution in [0.1, 0.15) is 36.0 Å². The molecule has 1 amide bonds. The zero-order chi connectivity index (χ0) is 19.6. The molecular weight excluding hydrogens is 426 g/mol. The van der Waals surface area contributed by atoms with E-state index in [0.717, 1.165) is 24.3 Å². The number of likely N-dealkylation sites (tertiary alicyclic amines) is 1. The third-order valence-corrected chi connectivity index (χ3v) is 5.29. The number of nitrogens with one attached hydrogen (secondary N) is 2. The van der Waals surface area contributed by atoms with E-state index in [1.54, 1.807) is 0 Å². The molecule has 27 heavy (non-hydrogen) atoms. The van der Waals surface area contributed by atoms with Gasteiger partial charge < -0.3 is 15.5 Å². The van der Waals surface area contributed by atoms with Crippen molar-refractivity contribution in [2.75, 3.05) is 31.5 Å². The summed E-state index contributed by atoms with van der Waals surface area (Å²) in [5, 5.41) is 17.9. The zero-order valence-electron chi connectivity index (χ0n) is 14.6. The zero-order valence-corrected chi connectivity index (χ0v) is 16.2. The number of halogens is 3. The summed E-state index contributed by atoms with van der Waals surface area (Å²) in [6.07, 6.45) is 1.65. The molecule has 2 N–H and O–H groups in total. The highest BCUT2D eigenvalue weighted by Gasteiger charge is 2.38. The highest BCUT2D eigenvalue weighted by Crippen LogP contribution is 2.36. The molecule has 0 unspecified atom stereocenters. The number of benzene rings is 1. The van der Waals surface area contributed by atoms with Gasteiger partial charge in [-0.3, -0.25) is 14.9 Å². The maximum absolute atomic E-state index is 13.8. The molecule has 1 aromatic rings. The Morgan fingerprint density at radius 1 is 1.41 bits per heavy atom. The summed E-state index contributed by atoms with van der Waals surface area (Å²) in [4.78, 5) is 25.0. The second kappa shape index (κ2) is 8.05. The van der Waals surface area contributed by atoms with Crippen LogP contribution in [0, 0.1) is 10.1 Å². The van der Waals surface area contributed by atoms with Crippen LogP contribution in [0.15, 0.2) is 16.6 Å². The molecule has 10 heteroatoms. The van der Waals surface area contributed by atoms with E-state index in [1.807, 2.05) is 0 Å². The topological polar surface area (TPSA) is 87.5 Å². The molecule has 2 aliphatic heterocycles. The van der Waals surface area contributed by atoms with Crippen LogP contribution < -0.4 is 10.6 Å². The molecule has 1 atom stereocenters. The van der Waals surface area contributed by atoms with Crippen molar-refractivity contribution >= 4 is 33.2 Å². The number of anilines is 1. The number of alkyl halides is 2. The van der Waals surface area contributed by atoms with Crippen LogP contribution in [0.4, 0.5) is 20.2 Å². The predicted octanol–water partition coefficient (Wildman–Crippen LogP) is 3.39. The SMILES string of the molecule is O=C(c1cc(Br)cc([N+](=O)[O-])c1N[C@@H]1CCCNC1)N1CCCC(F)(F)C1. The Labute approximate surface area is 163 Å². The Morgan fingerprint density at radius 2 is 2.19 bits per heavy atom. The quantitative estimate of drug-likeness (QED) is 0.546. The largest absolute Gasteiger partial charge is 0.375 e. The average Bonchev–Trinajstić information content (AvgIpc) is 2.62. The average molecular weight is 447 g/mol. The van der Waals surface area contributed by atoms with E-state index >= 15 is 0 Å². The van der Waals surface area contributed by atoms with Gasteiger partial charge in [-0.05, 0) is 31.9 Å². The van der Waals surface area contributed by atoms with Gasteiger partial charge in [-0.1, -0.05) is 15.9 Å². The van der Waals surface area contributed by atoms with Gasteiger partial charge in [-0.2, -0.15) is 0 Å². The first-order valence-corrected chi connectivity index (χ1v) is 9.68. The molecule has 0 bridgehead atoms. The van der Waals surface area contributed by atoms with Crippen LogP contribution in [0.3, 0.4) is 0 Å². The van der Waals surface area contributed by atoms with E-state index < -0.39 is 23.3 Å². The summed E-state index contributed by atoms with van der Waals surface area (Å²) in [5.74, 6) is -3.56. The Morgan fingerprint density at radius 3 is 2.81 bits per heavy atom. The summed E-state index contributed by atoms with van der Waals surface area (Å²) in [6.45, 7) is 1.02. The number of nitrogens with zero attached hydrogens (tertiary/aromatic N) is 2. The van der Waals surface area contributed by atoms with Gasteiger partial charge in [0.1, 0.15) is 5.69 Å². The van der Waals surface area contributed by atoms with Crippen LogP contribution in [0.2, 0.25) is 0 Å². The van der Waals surface area contributed by atoms with Gasteiger partial charge in [0, 0.05) is 36.1 Å². The monoisotopic (exact) mass is 446 g/mol. The van der Waals surface area contributed by atoms with E-state index in [1.165, 1.54) is 12.1 Å². The van der Waals surface area contributed by atoms with E-state index in [0.29, 0.717) is 11.0 Å². The van der Waals surface area contributed by atoms with Crippen LogP contribution in [0.5, 0.6) is 0 Å². The van der Waals surface area contributed by atoms with Crippen molar-refractivity contribution in [1.82, 2.24) is 10.2 Å². The highest BCUT2D eigenvalue weighted by molar-refractivity contribution is 9.10. The number of amides is 1. The molecule has 1 aromatic carbocycles. The molecule has 2 saturated heterocycles. The van der Waals surface area contributed by atoms with Gasteiger partial charge in [0.15, 0.2) is 0 Å². The second-order valence-corrected chi connectivity index (χ2v) is 7.89. The Balaban J connectivity index is 1.96. The first-order chi connectivity index (χ1) is 12.8. The lowest BCUT2D eigenvalue weighted by Crippen LogP contribution is -2.46. The van der Waals surface area contributed by atoms with Crippen LogP contribution >= 0.6 is 15.9 Å². The van der Waals surface area contributed by atoms with Gasteiger partial charge in [0.05, 0.1) is 17.0 Å². The lowest BCUT2D eigenvalue weighted by Gasteiger charge is -2.33. The fourth-order valence-corrected chi connectivity index (χ4v) is 3.99. The molecule has 0 aliphatic carbocycles. The van der Waals surface area contributed by atoms with Crippen molar-refractivity contribution in [3.8, 4) is 0 Å². The normalized spacial score (nSPS) is 22.3. The number of nitro groups is 1. The Hall–Kier alpha value is -1.81. The van der Waals surface area contributed by atoms with Gasteiger partial charge in [0.2, 0.25) is 0 Å². The molecule has 3 rings (SSSR count). The third kappa shape index (κ3) is 4.73. The second-order valence-electron chi connectivity index (χ2n) is 6.98. The lowest BCUT2D eigenvalue weighted by atomic mass is 10.0. The summed E-state index contributed by atoms with van der Waals surface area (Å²) in [7, 11) is 0. The van der Waals surface area contributed by atoms with Gasteiger partial charge >= 0.3 is 0 Å². The Kier molecular flexibility index (Phi) is 5.95. The minimum absolute atomic E-state index is 0.0411. The minimum Gasteiger partial charge on any atom is -0.375 e. The van der Waals surface area contributed by atoms with Gasteiger partial charge in [-0.15, -0.1) is 0 Å². The Bertz CT molecular complexity index is 741. The van der Waals surface area contributed by atoms with Crippen molar-refractivity contribution in [3.05, 3.63) is 32.3 Å². The number of carbonyl (C=O) groups excluding carboxylic acids is 1. The number of carbonyl (C=O) groups is 1. The number of nitro benzene ring substituents is 1. The van der Waals surface area contributed by atoms with E-state index in [9.17, 15) is 23.7 Å². The molecule has 0 radical (unpaired) electrons. The summed E-state index contributed by atoms with van der Waals surface area (Å²) < 4.78 is 27.9. The summed E-state index contributed by atoms with van der Waals surface area (Å²) in [5.41, 5.74) is -0.114. The lowest BCUT2D eigenvalue weighted by molar-refractivity contribution is -0.384. The summed E-state index contributed by atoms with van der Waals surface area (Å²) >= 11 is 3.19. The molecule has 2 aliphatic rings. The molecule has 0 saturated carbocycles. The van der Waals surface area contributed by atoms with E-state index in [4.69, 9.17) is 0 Å². The number of hydrogen-bond acceptors (Lipinski definition) is 5. The van der Waals surface area contributed by atoms with Crippen molar-refractivity contribution in [3.63, 3.8) is 0 Å². The number of piperidine rings is 2. The van der Waals surface area contributed by atoms with E-state index in [-0.39, 0.29) is 42.4 Å². The third-order valence-electron chi connectivity index (χ3n) is 4.83. The van der Waals surface area contributed by atoms with Gasteiger partial charge in [0.25, 0.3) is 17.5 Å². The van der Waals surface area contributed by atoms with Gasteiger partial charge in [-0.25, -0.2) is 8.78 Å². The molecule has 0 aromatic heterocycles. The predicted molar refractivity (Wildman–Crippen MR) is 100 cm³/mol. The summed E-state index contributed by atoms with van der Waals surface area (Å²) in [6, 6.07) is 2.70. The van der Waals surface area contributed by atoms with E-state index in [2.05, 4.69) is 26.6 Å². The molecule has 2 heterocycles. The first kappa shape index (κ1) is 19.9. The van der Waals surface area contributed by atoms with Crippen molar-refractivity contribution in [1.29, 1.82) is 0 Å².